The second-order valence-electron chi connectivity index (χ2n) is 14.8. The molecule has 0 aromatic carbocycles. The number of fused-ring (bicyclic) bond motifs is 7. The Morgan fingerprint density at radius 3 is 2.27 bits per heavy atom. The highest BCUT2D eigenvalue weighted by Crippen LogP contribution is 2.75. The average molecular weight is 508 g/mol. The number of allylic oxidation sites excluding steroid dienone is 2. The van der Waals surface area contributed by atoms with Gasteiger partial charge in [0, 0.05) is 17.8 Å². The number of esters is 1. The minimum atomic E-state index is -0.628. The van der Waals surface area contributed by atoms with Crippen LogP contribution in [0.1, 0.15) is 93.4 Å². The third-order valence-corrected chi connectivity index (χ3v) is 13.4. The van der Waals surface area contributed by atoms with E-state index in [0.717, 1.165) is 38.5 Å². The number of hydrogen-bond donors (Lipinski definition) is 0. The van der Waals surface area contributed by atoms with E-state index >= 15 is 0 Å². The summed E-state index contributed by atoms with van der Waals surface area (Å²) in [5.74, 6) is 0.818. The summed E-state index contributed by atoms with van der Waals surface area (Å²) in [7, 11) is 1.50. The monoisotopic (exact) mass is 507 g/mol. The summed E-state index contributed by atoms with van der Waals surface area (Å²) in [6.07, 6.45) is 7.69. The van der Waals surface area contributed by atoms with E-state index in [0.29, 0.717) is 12.3 Å². The SMILES string of the molecule is COC(=O)[C@]12CC[C@@H](C)[C@H](C)[C@H]1[C@H]1C(=O)C[C@@H]3[C@@]4(C)C=C(C#N)C(=O)C(C)(C)[C@@H]4CC[C@@]3(C)[C@]1(C)CC2. The number of carbonyl (C=O) groups excluding carboxylic acids is 3. The smallest absolute Gasteiger partial charge is 0.312 e. The maximum absolute atomic E-state index is 14.5. The fourth-order valence-electron chi connectivity index (χ4n) is 11.1. The fraction of sp³-hybridized carbons (Fsp3) is 0.812. The van der Waals surface area contributed by atoms with Gasteiger partial charge in [0.1, 0.15) is 11.9 Å². The van der Waals surface area contributed by atoms with E-state index < -0.39 is 16.2 Å². The molecule has 0 unspecified atom stereocenters. The van der Waals surface area contributed by atoms with Crippen molar-refractivity contribution in [2.75, 3.05) is 7.11 Å². The van der Waals surface area contributed by atoms with Crippen molar-refractivity contribution in [2.45, 2.75) is 93.4 Å². The van der Waals surface area contributed by atoms with Crippen molar-refractivity contribution >= 4 is 17.5 Å². The van der Waals surface area contributed by atoms with Gasteiger partial charge in [-0.2, -0.15) is 5.26 Å². The molecule has 0 N–H and O–H groups in total. The summed E-state index contributed by atoms with van der Waals surface area (Å²) in [5.41, 5.74) is -1.72. The second-order valence-corrected chi connectivity index (χ2v) is 14.8. The predicted molar refractivity (Wildman–Crippen MR) is 141 cm³/mol. The van der Waals surface area contributed by atoms with Crippen molar-refractivity contribution in [2.24, 2.45) is 62.6 Å². The summed E-state index contributed by atoms with van der Waals surface area (Å²) in [6.45, 7) is 15.5. The van der Waals surface area contributed by atoms with Gasteiger partial charge in [0.2, 0.25) is 0 Å². The number of methoxy groups -OCH3 is 1. The van der Waals surface area contributed by atoms with E-state index in [2.05, 4.69) is 40.7 Å². The van der Waals surface area contributed by atoms with Crippen LogP contribution in [0.4, 0.5) is 0 Å². The molecule has 5 aliphatic rings. The van der Waals surface area contributed by atoms with E-state index in [1.165, 1.54) is 7.11 Å². The van der Waals surface area contributed by atoms with Crippen molar-refractivity contribution in [1.29, 1.82) is 5.26 Å². The molecule has 0 aromatic heterocycles. The lowest BCUT2D eigenvalue weighted by atomic mass is 9.31. The number of carbonyl (C=O) groups is 3. The zero-order chi connectivity index (χ0) is 27.3. The minimum absolute atomic E-state index is 0.00663. The normalized spacial score (nSPS) is 50.4. The first-order valence-corrected chi connectivity index (χ1v) is 14.4. The highest BCUT2D eigenvalue weighted by atomic mass is 16.5. The van der Waals surface area contributed by atoms with E-state index in [-0.39, 0.29) is 63.5 Å². The molecule has 0 aliphatic heterocycles. The fourth-order valence-corrected chi connectivity index (χ4v) is 11.1. The van der Waals surface area contributed by atoms with E-state index in [1.54, 1.807) is 0 Å². The predicted octanol–water partition coefficient (Wildman–Crippen LogP) is 6.31. The quantitative estimate of drug-likeness (QED) is 0.388. The maximum Gasteiger partial charge on any atom is 0.312 e. The zero-order valence-corrected chi connectivity index (χ0v) is 24.1. The number of nitrogens with zero attached hydrogens (tertiary/aromatic N) is 1. The van der Waals surface area contributed by atoms with Crippen LogP contribution in [-0.2, 0) is 19.1 Å². The first-order valence-electron chi connectivity index (χ1n) is 14.4. The molecule has 5 heteroatoms. The van der Waals surface area contributed by atoms with Crippen LogP contribution in [0.15, 0.2) is 11.6 Å². The average Bonchev–Trinajstić information content (AvgIpc) is 2.85. The van der Waals surface area contributed by atoms with Crippen molar-refractivity contribution < 1.29 is 19.1 Å². The van der Waals surface area contributed by atoms with Crippen molar-refractivity contribution in [1.82, 2.24) is 0 Å². The summed E-state index contributed by atoms with van der Waals surface area (Å²) in [5, 5.41) is 9.89. The van der Waals surface area contributed by atoms with Gasteiger partial charge in [0.05, 0.1) is 18.1 Å². The van der Waals surface area contributed by atoms with E-state index in [1.807, 2.05) is 19.9 Å². The van der Waals surface area contributed by atoms with Gasteiger partial charge in [0.25, 0.3) is 0 Å². The molecule has 5 nitrogen and oxygen atoms in total. The highest BCUT2D eigenvalue weighted by Gasteiger charge is 2.73. The molecule has 0 heterocycles. The molecule has 0 spiro atoms. The molecular weight excluding hydrogens is 462 g/mol. The third kappa shape index (κ3) is 3.05. The summed E-state index contributed by atoms with van der Waals surface area (Å²) in [6, 6.07) is 2.20. The Kier molecular flexibility index (Phi) is 5.78. The summed E-state index contributed by atoms with van der Waals surface area (Å²) < 4.78 is 5.44. The van der Waals surface area contributed by atoms with Crippen molar-refractivity contribution in [3.05, 3.63) is 11.6 Å². The molecule has 5 rings (SSSR count). The van der Waals surface area contributed by atoms with Crippen LogP contribution in [0.5, 0.6) is 0 Å². The molecule has 0 amide bonds. The van der Waals surface area contributed by atoms with Crippen LogP contribution in [-0.4, -0.2) is 24.6 Å². The number of ketones is 2. The topological polar surface area (TPSA) is 84.2 Å². The van der Waals surface area contributed by atoms with Crippen LogP contribution in [0.2, 0.25) is 0 Å². The van der Waals surface area contributed by atoms with Gasteiger partial charge < -0.3 is 4.74 Å². The van der Waals surface area contributed by atoms with Crippen LogP contribution in [0.25, 0.3) is 0 Å². The standard InChI is InChI=1S/C32H45NO4/c1-18-9-12-32(27(36)37-8)14-13-31(7)25(24(32)19(18)2)21(34)15-23-29(5)16-20(17-33)26(35)28(3,4)22(29)10-11-30(23,31)6/h16,18-19,22-25H,9-15H2,1-8H3/t18-,19+,22+,23-,24+,25-,29+,30-,31-,32+/m1/s1. The Morgan fingerprint density at radius 1 is 0.973 bits per heavy atom. The first-order chi connectivity index (χ1) is 17.2. The Morgan fingerprint density at radius 2 is 1.65 bits per heavy atom. The van der Waals surface area contributed by atoms with Crippen molar-refractivity contribution in [3.8, 4) is 6.07 Å². The Balaban J connectivity index is 1.66. The van der Waals surface area contributed by atoms with E-state index in [9.17, 15) is 19.6 Å². The molecule has 37 heavy (non-hydrogen) atoms. The molecule has 0 aromatic rings. The van der Waals surface area contributed by atoms with Crippen LogP contribution in [0.3, 0.4) is 0 Å². The summed E-state index contributed by atoms with van der Waals surface area (Å²) in [4.78, 5) is 41.1. The number of nitriles is 1. The Bertz CT molecular complexity index is 1130. The van der Waals surface area contributed by atoms with Crippen LogP contribution >= 0.6 is 0 Å². The molecule has 4 saturated carbocycles. The van der Waals surface area contributed by atoms with Crippen molar-refractivity contribution in [3.63, 3.8) is 0 Å². The molecule has 0 bridgehead atoms. The first kappa shape index (κ1) is 26.6. The number of Topliss-reactive ketones (excluding diaryl/α,β-unsaturated/α-hetero) is 2. The largest absolute Gasteiger partial charge is 0.469 e. The number of rotatable bonds is 1. The Labute approximate surface area is 222 Å². The van der Waals surface area contributed by atoms with Crippen LogP contribution in [0, 0.1) is 73.9 Å². The number of ether oxygens (including phenoxy) is 1. The van der Waals surface area contributed by atoms with E-state index in [4.69, 9.17) is 4.74 Å². The maximum atomic E-state index is 14.5. The molecule has 10 atom stereocenters. The highest BCUT2D eigenvalue weighted by molar-refractivity contribution is 6.04. The molecule has 0 radical (unpaired) electrons. The van der Waals surface area contributed by atoms with Gasteiger partial charge >= 0.3 is 5.97 Å². The second kappa shape index (κ2) is 8.03. The number of hydrogen-bond acceptors (Lipinski definition) is 5. The van der Waals surface area contributed by atoms with Gasteiger partial charge in [-0.15, -0.1) is 0 Å². The van der Waals surface area contributed by atoms with Gasteiger partial charge in [-0.3, -0.25) is 14.4 Å². The molecule has 0 saturated heterocycles. The lowest BCUT2D eigenvalue weighted by Crippen LogP contribution is -2.70. The molecule has 5 aliphatic carbocycles. The molecule has 4 fully saturated rings. The Hall–Kier alpha value is -1.96. The van der Waals surface area contributed by atoms with Gasteiger partial charge in [-0.25, -0.2) is 0 Å². The molecular formula is C32H45NO4. The minimum Gasteiger partial charge on any atom is -0.469 e. The summed E-state index contributed by atoms with van der Waals surface area (Å²) >= 11 is 0. The van der Waals surface area contributed by atoms with Gasteiger partial charge in [-0.1, -0.05) is 54.5 Å². The lowest BCUT2D eigenvalue weighted by molar-refractivity contribution is -0.230. The molecule has 202 valence electrons. The van der Waals surface area contributed by atoms with Crippen LogP contribution < -0.4 is 0 Å². The third-order valence-electron chi connectivity index (χ3n) is 13.4. The van der Waals surface area contributed by atoms with Gasteiger partial charge in [-0.05, 0) is 84.4 Å². The van der Waals surface area contributed by atoms with Gasteiger partial charge in [0.15, 0.2) is 5.78 Å². The lowest BCUT2D eigenvalue weighted by Gasteiger charge is -2.71. The zero-order valence-electron chi connectivity index (χ0n) is 24.1.